The molecule has 0 bridgehead atoms. The Balaban J connectivity index is 0.000000549. The number of rotatable bonds is 6. The monoisotopic (exact) mass is 870 g/mol. The van der Waals surface area contributed by atoms with Gasteiger partial charge in [-0.25, -0.2) is 0 Å². The number of ketones is 1. The maximum atomic E-state index is 10.0. The second-order valence-electron chi connectivity index (χ2n) is 14.2. The van der Waals surface area contributed by atoms with Gasteiger partial charge < -0.3 is 15.0 Å². The summed E-state index contributed by atoms with van der Waals surface area (Å²) in [4.78, 5) is 17.3. The zero-order chi connectivity index (χ0) is 36.4. The number of allylic oxidation sites excluding steroid dienone is 2. The van der Waals surface area contributed by atoms with E-state index in [2.05, 4.69) is 171 Å². The molecule has 1 heterocycles. The molecule has 7 aromatic carbocycles. The number of hydrogen-bond donors (Lipinski definition) is 1. The molecule has 1 N–H and O–H groups in total. The predicted octanol–water partition coefficient (Wildman–Crippen LogP) is 12.9. The molecule has 1 radical (unpaired) electrons. The van der Waals surface area contributed by atoms with Crippen LogP contribution >= 0.6 is 0 Å². The van der Waals surface area contributed by atoms with Gasteiger partial charge in [-0.2, -0.15) is 0 Å². The maximum absolute atomic E-state index is 10.0. The van der Waals surface area contributed by atoms with Crippen molar-refractivity contribution in [3.8, 4) is 22.4 Å². The molecule has 1 aromatic heterocycles. The Kier molecular flexibility index (Phi) is 10.9. The topological polar surface area (TPSA) is 53.4 Å². The van der Waals surface area contributed by atoms with Gasteiger partial charge in [0.05, 0.1) is 5.76 Å². The van der Waals surface area contributed by atoms with Crippen molar-refractivity contribution in [2.45, 2.75) is 40.0 Å². The molecule has 0 aliphatic heterocycles. The maximum Gasteiger partial charge on any atom is 0.155 e. The van der Waals surface area contributed by atoms with Crippen LogP contribution in [0.1, 0.15) is 40.2 Å². The van der Waals surface area contributed by atoms with Crippen LogP contribution in [0.25, 0.3) is 54.7 Å². The average Bonchev–Trinajstić information content (AvgIpc) is 3.14. The fourth-order valence-corrected chi connectivity index (χ4v) is 6.81. The van der Waals surface area contributed by atoms with Crippen LogP contribution in [0.4, 0.5) is 17.1 Å². The minimum atomic E-state index is -0.125. The van der Waals surface area contributed by atoms with Gasteiger partial charge in [0.2, 0.25) is 0 Å². The van der Waals surface area contributed by atoms with Crippen LogP contribution in [0.2, 0.25) is 0 Å². The third-order valence-corrected chi connectivity index (χ3v) is 9.31. The molecule has 0 saturated heterocycles. The van der Waals surface area contributed by atoms with Gasteiger partial charge in [-0.3, -0.25) is 4.79 Å². The van der Waals surface area contributed by atoms with Gasteiger partial charge in [-0.05, 0) is 94.2 Å². The Morgan fingerprint density at radius 1 is 0.679 bits per heavy atom. The summed E-state index contributed by atoms with van der Waals surface area (Å²) >= 11 is 0. The third-order valence-electron chi connectivity index (χ3n) is 9.31. The molecule has 0 aliphatic rings. The van der Waals surface area contributed by atoms with Crippen molar-refractivity contribution in [3.05, 3.63) is 169 Å². The van der Waals surface area contributed by atoms with Crippen molar-refractivity contribution < 1.29 is 30.0 Å². The molecule has 0 spiro atoms. The van der Waals surface area contributed by atoms with E-state index in [1.165, 1.54) is 57.8 Å². The molecule has 53 heavy (non-hydrogen) atoms. The largest absolute Gasteiger partial charge is 0.512 e. The Labute approximate surface area is 325 Å². The van der Waals surface area contributed by atoms with Gasteiger partial charge >= 0.3 is 0 Å². The van der Waals surface area contributed by atoms with Crippen molar-refractivity contribution in [2.24, 2.45) is 0 Å². The van der Waals surface area contributed by atoms with Crippen LogP contribution < -0.4 is 4.90 Å². The van der Waals surface area contributed by atoms with Crippen molar-refractivity contribution >= 4 is 55.2 Å². The van der Waals surface area contributed by atoms with Crippen LogP contribution in [-0.2, 0) is 30.3 Å². The van der Waals surface area contributed by atoms with Crippen molar-refractivity contribution in [2.75, 3.05) is 4.90 Å². The first kappa shape index (κ1) is 37.2. The molecule has 0 atom stereocenters. The molecule has 0 fully saturated rings. The van der Waals surface area contributed by atoms with Crippen LogP contribution in [0.3, 0.4) is 0 Å². The zero-order valence-electron chi connectivity index (χ0n) is 30.5. The number of carbonyl (C=O) groups is 1. The van der Waals surface area contributed by atoms with E-state index in [-0.39, 0.29) is 37.1 Å². The molecule has 265 valence electrons. The van der Waals surface area contributed by atoms with Crippen LogP contribution in [0, 0.1) is 6.07 Å². The first-order valence-corrected chi connectivity index (χ1v) is 17.6. The van der Waals surface area contributed by atoms with E-state index in [9.17, 15) is 4.79 Å². The van der Waals surface area contributed by atoms with Crippen LogP contribution in [-0.4, -0.2) is 15.9 Å². The molecular weight excluding hydrogens is 829 g/mol. The molecule has 0 unspecified atom stereocenters. The van der Waals surface area contributed by atoms with E-state index in [4.69, 9.17) is 10.1 Å². The number of benzene rings is 7. The number of carbonyl (C=O) groups excluding carboxylic acids is 1. The van der Waals surface area contributed by atoms with E-state index < -0.39 is 0 Å². The minimum absolute atomic E-state index is 0. The fraction of sp³-hybridized carbons (Fsp3) is 0.125. The van der Waals surface area contributed by atoms with E-state index in [1.54, 1.807) is 0 Å². The summed E-state index contributed by atoms with van der Waals surface area (Å²) in [7, 11) is 0. The van der Waals surface area contributed by atoms with Crippen molar-refractivity contribution in [1.82, 2.24) is 4.98 Å². The zero-order valence-corrected chi connectivity index (χ0v) is 32.9. The van der Waals surface area contributed by atoms with Crippen LogP contribution in [0.15, 0.2) is 158 Å². The Hall–Kier alpha value is -5.61. The minimum Gasteiger partial charge on any atom is -0.512 e. The number of anilines is 3. The fourth-order valence-electron chi connectivity index (χ4n) is 6.81. The normalized spacial score (nSPS) is 11.6. The smallest absolute Gasteiger partial charge is 0.155 e. The SMILES string of the molecule is CC(=O)/C=C(/C)O.CC(C)(C)c1cc2ccc3c[c-]c(-c4ccc(-c5ccc(N(c6ccccc6)c6ccccc6)cc5)cn4)c4ccc(c1)c2c34.[Ir]. The molecular formula is C48H41IrN2O2-. The summed E-state index contributed by atoms with van der Waals surface area (Å²) in [5.41, 5.74) is 9.01. The third kappa shape index (κ3) is 7.93. The number of pyridine rings is 1. The summed E-state index contributed by atoms with van der Waals surface area (Å²) in [5.74, 6) is -0.0625. The number of nitrogens with zero attached hydrogens (tertiary/aromatic N) is 2. The average molecular weight is 870 g/mol. The molecule has 5 heteroatoms. The second kappa shape index (κ2) is 15.6. The molecule has 4 nitrogen and oxygen atoms in total. The van der Waals surface area contributed by atoms with Gasteiger partial charge in [0.15, 0.2) is 5.78 Å². The van der Waals surface area contributed by atoms with Gasteiger partial charge in [0.1, 0.15) is 0 Å². The van der Waals surface area contributed by atoms with Crippen molar-refractivity contribution in [1.29, 1.82) is 0 Å². The molecule has 8 rings (SSSR count). The van der Waals surface area contributed by atoms with E-state index in [1.807, 2.05) is 6.20 Å². The Morgan fingerprint density at radius 3 is 1.74 bits per heavy atom. The summed E-state index contributed by atoms with van der Waals surface area (Å²) < 4.78 is 0. The van der Waals surface area contributed by atoms with Gasteiger partial charge in [0.25, 0.3) is 0 Å². The Morgan fingerprint density at radius 2 is 1.23 bits per heavy atom. The summed E-state index contributed by atoms with van der Waals surface area (Å²) in [5, 5.41) is 16.0. The number of hydrogen-bond acceptors (Lipinski definition) is 4. The summed E-state index contributed by atoms with van der Waals surface area (Å²) in [6.07, 6.45) is 3.15. The van der Waals surface area contributed by atoms with Gasteiger partial charge in [-0.15, -0.1) is 17.7 Å². The molecule has 8 aromatic rings. The number of aliphatic hydroxyl groups is 1. The second-order valence-corrected chi connectivity index (χ2v) is 14.2. The molecule has 0 amide bonds. The van der Waals surface area contributed by atoms with Gasteiger partial charge in [0, 0.05) is 49.4 Å². The van der Waals surface area contributed by atoms with Gasteiger partial charge in [-0.1, -0.05) is 134 Å². The number of para-hydroxylation sites is 2. The molecule has 0 saturated carbocycles. The summed E-state index contributed by atoms with van der Waals surface area (Å²) in [6, 6.07) is 53.4. The van der Waals surface area contributed by atoms with E-state index in [0.29, 0.717) is 0 Å². The number of aromatic nitrogens is 1. The summed E-state index contributed by atoms with van der Waals surface area (Å²) in [6.45, 7) is 9.68. The van der Waals surface area contributed by atoms with E-state index >= 15 is 0 Å². The first-order chi connectivity index (χ1) is 25.1. The standard InChI is InChI=1S/C43H33N2.C5H8O2.Ir/c1-43(2,3)34-26-31-15-14-30-18-23-38(39-24-19-32(27-34)41(31)42(30)39)40-25-20-33(28-44-40)29-16-21-37(22-17-29)45(35-10-6-4-7-11-35)36-12-8-5-9-13-36;1-4(6)3-5(2)7;/h4-22,24-28H,1-3H3;3,6H,1-2H3;/q-1;;/b;4-3-;. The first-order valence-electron chi connectivity index (χ1n) is 17.6. The quantitative estimate of drug-likeness (QED) is 0.0783. The van der Waals surface area contributed by atoms with Crippen LogP contribution in [0.5, 0.6) is 0 Å². The number of aliphatic hydroxyl groups excluding tert-OH is 1. The predicted molar refractivity (Wildman–Crippen MR) is 218 cm³/mol. The molecule has 0 aliphatic carbocycles. The van der Waals surface area contributed by atoms with E-state index in [0.717, 1.165) is 39.4 Å². The van der Waals surface area contributed by atoms with Crippen molar-refractivity contribution in [3.63, 3.8) is 0 Å². The Bertz CT molecular complexity index is 2460.